The average molecular weight is 303 g/mol. The highest BCUT2D eigenvalue weighted by Crippen LogP contribution is 2.26. The lowest BCUT2D eigenvalue weighted by atomic mass is 9.86. The van der Waals surface area contributed by atoms with Crippen LogP contribution in [0.3, 0.4) is 0 Å². The van der Waals surface area contributed by atoms with E-state index in [4.69, 9.17) is 16.3 Å². The Balaban J connectivity index is 1.70. The lowest BCUT2D eigenvalue weighted by Crippen LogP contribution is -2.35. The molecule has 2 rings (SSSR count). The summed E-state index contributed by atoms with van der Waals surface area (Å²) >= 11 is 7.35. The van der Waals surface area contributed by atoms with Crippen LogP contribution < -0.4 is 5.32 Å². The number of ether oxygens (including phenoxy) is 1. The second kappa shape index (κ2) is 7.22. The fourth-order valence-electron chi connectivity index (χ4n) is 2.39. The van der Waals surface area contributed by atoms with Crippen molar-refractivity contribution < 1.29 is 9.53 Å². The van der Waals surface area contributed by atoms with Gasteiger partial charge in [0.05, 0.1) is 18.7 Å². The molecule has 0 radical (unpaired) electrons. The molecule has 1 fully saturated rings. The predicted octanol–water partition coefficient (Wildman–Crippen LogP) is 3.01. The molecule has 0 amide bonds. The summed E-state index contributed by atoms with van der Waals surface area (Å²) in [5, 5.41) is 4.49. The molecule has 0 atom stereocenters. The number of rotatable bonds is 5. The van der Waals surface area contributed by atoms with Crippen molar-refractivity contribution in [2.45, 2.75) is 45.2 Å². The Kier molecular flexibility index (Phi) is 5.60. The van der Waals surface area contributed by atoms with Crippen LogP contribution in [0.2, 0.25) is 4.34 Å². The Hall–Kier alpha value is -0.650. The molecule has 1 aromatic rings. The van der Waals surface area contributed by atoms with Crippen molar-refractivity contribution in [1.82, 2.24) is 10.3 Å². The van der Waals surface area contributed by atoms with Crippen LogP contribution in [0.1, 0.15) is 37.6 Å². The maximum Gasteiger partial charge on any atom is 0.308 e. The molecule has 1 N–H and O–H groups in total. The highest BCUT2D eigenvalue weighted by molar-refractivity contribution is 7.15. The number of hydrogen-bond acceptors (Lipinski definition) is 5. The Bertz CT molecular complexity index is 417. The first-order valence-corrected chi connectivity index (χ1v) is 7.88. The number of esters is 1. The fraction of sp³-hybridized carbons (Fsp3) is 0.692. The van der Waals surface area contributed by atoms with E-state index in [9.17, 15) is 4.79 Å². The van der Waals surface area contributed by atoms with Gasteiger partial charge in [-0.05, 0) is 32.6 Å². The van der Waals surface area contributed by atoms with E-state index in [0.717, 1.165) is 41.6 Å². The van der Waals surface area contributed by atoms with Crippen LogP contribution in [0.4, 0.5) is 0 Å². The Morgan fingerprint density at radius 1 is 1.53 bits per heavy atom. The number of halogens is 1. The van der Waals surface area contributed by atoms with Crippen molar-refractivity contribution in [2.24, 2.45) is 5.92 Å². The summed E-state index contributed by atoms with van der Waals surface area (Å²) in [6, 6.07) is 0.466. The second-order valence-electron chi connectivity index (χ2n) is 4.74. The second-order valence-corrected chi connectivity index (χ2v) is 6.49. The van der Waals surface area contributed by atoms with Gasteiger partial charge in [-0.2, -0.15) is 0 Å². The number of nitrogens with zero attached hydrogens (tertiary/aromatic N) is 1. The summed E-state index contributed by atoms with van der Waals surface area (Å²) in [5.41, 5.74) is 0. The van der Waals surface area contributed by atoms with Gasteiger partial charge in [0.25, 0.3) is 0 Å². The third-order valence-electron chi connectivity index (χ3n) is 3.41. The molecule has 0 bridgehead atoms. The molecule has 1 aliphatic rings. The van der Waals surface area contributed by atoms with Crippen molar-refractivity contribution in [2.75, 3.05) is 6.61 Å². The summed E-state index contributed by atoms with van der Waals surface area (Å²) < 4.78 is 5.79. The van der Waals surface area contributed by atoms with Crippen LogP contribution in [-0.4, -0.2) is 23.6 Å². The highest BCUT2D eigenvalue weighted by Gasteiger charge is 2.26. The minimum absolute atomic E-state index is 0.0346. The summed E-state index contributed by atoms with van der Waals surface area (Å²) in [7, 11) is 0. The number of hydrogen-bond donors (Lipinski definition) is 1. The smallest absolute Gasteiger partial charge is 0.308 e. The topological polar surface area (TPSA) is 51.2 Å². The zero-order chi connectivity index (χ0) is 13.7. The number of aromatic nitrogens is 1. The summed E-state index contributed by atoms with van der Waals surface area (Å²) in [6.45, 7) is 3.08. The molecule has 0 aromatic carbocycles. The van der Waals surface area contributed by atoms with Gasteiger partial charge in [0.1, 0.15) is 9.34 Å². The van der Waals surface area contributed by atoms with Crippen LogP contribution in [0.15, 0.2) is 6.20 Å². The number of thiazole rings is 1. The maximum atomic E-state index is 11.6. The van der Waals surface area contributed by atoms with E-state index in [-0.39, 0.29) is 11.9 Å². The minimum Gasteiger partial charge on any atom is -0.466 e. The van der Waals surface area contributed by atoms with Crippen LogP contribution in [0.25, 0.3) is 0 Å². The molecule has 0 unspecified atom stereocenters. The quantitative estimate of drug-likeness (QED) is 0.850. The first kappa shape index (κ1) is 14.8. The van der Waals surface area contributed by atoms with Crippen molar-refractivity contribution in [3.63, 3.8) is 0 Å². The Morgan fingerprint density at radius 3 is 2.84 bits per heavy atom. The Morgan fingerprint density at radius 2 is 2.26 bits per heavy atom. The molecule has 1 aromatic heterocycles. The number of nitrogens with one attached hydrogen (secondary N) is 1. The normalized spacial score (nSPS) is 23.3. The largest absolute Gasteiger partial charge is 0.466 e. The van der Waals surface area contributed by atoms with E-state index in [1.807, 2.05) is 6.92 Å². The minimum atomic E-state index is -0.0346. The maximum absolute atomic E-state index is 11.6. The standard InChI is InChI=1S/C13H19ClN2O2S/c1-2-18-13(17)9-3-5-10(6-4-9)15-8-12-16-7-11(14)19-12/h7,9-10,15H,2-6,8H2,1H3. The molecule has 4 nitrogen and oxygen atoms in total. The summed E-state index contributed by atoms with van der Waals surface area (Å²) in [4.78, 5) is 15.8. The van der Waals surface area contributed by atoms with Crippen LogP contribution in [-0.2, 0) is 16.1 Å². The molecular weight excluding hydrogens is 284 g/mol. The molecule has 106 valence electrons. The van der Waals surface area contributed by atoms with Gasteiger partial charge in [-0.25, -0.2) is 4.98 Å². The number of carbonyl (C=O) groups is 1. The molecule has 1 heterocycles. The monoisotopic (exact) mass is 302 g/mol. The van der Waals surface area contributed by atoms with Gasteiger partial charge in [0, 0.05) is 12.6 Å². The lowest BCUT2D eigenvalue weighted by Gasteiger charge is -2.27. The average Bonchev–Trinajstić information content (AvgIpc) is 2.83. The predicted molar refractivity (Wildman–Crippen MR) is 76.3 cm³/mol. The van der Waals surface area contributed by atoms with E-state index in [2.05, 4.69) is 10.3 Å². The van der Waals surface area contributed by atoms with E-state index < -0.39 is 0 Å². The summed E-state index contributed by atoms with van der Waals surface area (Å²) in [6.07, 6.45) is 5.54. The third-order valence-corrected chi connectivity index (χ3v) is 4.53. The van der Waals surface area contributed by atoms with E-state index >= 15 is 0 Å². The third kappa shape index (κ3) is 4.44. The summed E-state index contributed by atoms with van der Waals surface area (Å²) in [5.74, 6) is 0.0555. The molecule has 0 spiro atoms. The zero-order valence-electron chi connectivity index (χ0n) is 11.0. The van der Waals surface area contributed by atoms with Crippen LogP contribution in [0.5, 0.6) is 0 Å². The van der Waals surface area contributed by atoms with Gasteiger partial charge in [0.2, 0.25) is 0 Å². The first-order chi connectivity index (χ1) is 9.19. The molecule has 1 saturated carbocycles. The van der Waals surface area contributed by atoms with Gasteiger partial charge in [-0.1, -0.05) is 11.6 Å². The Labute approximate surface area is 122 Å². The van der Waals surface area contributed by atoms with E-state index in [1.165, 1.54) is 11.3 Å². The van der Waals surface area contributed by atoms with Crippen molar-refractivity contribution in [1.29, 1.82) is 0 Å². The van der Waals surface area contributed by atoms with Gasteiger partial charge in [-0.15, -0.1) is 11.3 Å². The molecule has 0 aliphatic heterocycles. The van der Waals surface area contributed by atoms with E-state index in [1.54, 1.807) is 6.20 Å². The van der Waals surface area contributed by atoms with Crippen LogP contribution >= 0.6 is 22.9 Å². The fourth-order valence-corrected chi connectivity index (χ4v) is 3.30. The molecule has 6 heteroatoms. The molecule has 19 heavy (non-hydrogen) atoms. The van der Waals surface area contributed by atoms with Crippen molar-refractivity contribution in [3.05, 3.63) is 15.5 Å². The number of carbonyl (C=O) groups excluding carboxylic acids is 1. The zero-order valence-corrected chi connectivity index (χ0v) is 12.6. The van der Waals surface area contributed by atoms with Gasteiger partial charge < -0.3 is 10.1 Å². The van der Waals surface area contributed by atoms with Gasteiger partial charge >= 0.3 is 5.97 Å². The SMILES string of the molecule is CCOC(=O)C1CCC(NCc2ncc(Cl)s2)CC1. The van der Waals surface area contributed by atoms with Gasteiger partial charge in [0.15, 0.2) is 0 Å². The van der Waals surface area contributed by atoms with Crippen molar-refractivity contribution >= 4 is 28.9 Å². The lowest BCUT2D eigenvalue weighted by molar-refractivity contribution is -0.149. The van der Waals surface area contributed by atoms with Crippen molar-refractivity contribution in [3.8, 4) is 0 Å². The van der Waals surface area contributed by atoms with E-state index in [0.29, 0.717) is 12.6 Å². The molecule has 0 saturated heterocycles. The molecular formula is C13H19ClN2O2S. The van der Waals surface area contributed by atoms with Crippen LogP contribution in [0, 0.1) is 5.92 Å². The molecule has 1 aliphatic carbocycles. The first-order valence-electron chi connectivity index (χ1n) is 6.69. The highest BCUT2D eigenvalue weighted by atomic mass is 35.5. The van der Waals surface area contributed by atoms with Gasteiger partial charge in [-0.3, -0.25) is 4.79 Å².